The maximum atomic E-state index is 14.4. The second kappa shape index (κ2) is 9.43. The van der Waals surface area contributed by atoms with Crippen LogP contribution < -0.4 is 9.21 Å². The van der Waals surface area contributed by atoms with Crippen LogP contribution in [0, 0.1) is 6.92 Å². The van der Waals surface area contributed by atoms with Crippen LogP contribution in [0.3, 0.4) is 0 Å². The molecule has 0 N–H and O–H groups in total. The third kappa shape index (κ3) is 4.13. The van der Waals surface area contributed by atoms with Gasteiger partial charge in [0.25, 0.3) is 10.0 Å². The Labute approximate surface area is 207 Å². The van der Waals surface area contributed by atoms with Gasteiger partial charge in [0.1, 0.15) is 6.17 Å². The van der Waals surface area contributed by atoms with Crippen LogP contribution in [-0.2, 0) is 10.0 Å². The van der Waals surface area contributed by atoms with Crippen molar-refractivity contribution in [3.05, 3.63) is 139 Å². The summed E-state index contributed by atoms with van der Waals surface area (Å²) in [5.74, 6) is -0.187. The molecule has 0 aliphatic carbocycles. The van der Waals surface area contributed by atoms with Gasteiger partial charge in [0, 0.05) is 12.2 Å². The summed E-state index contributed by atoms with van der Waals surface area (Å²) < 4.78 is 30.4. The number of benzene rings is 4. The van der Waals surface area contributed by atoms with E-state index in [-0.39, 0.29) is 10.8 Å². The Kier molecular flexibility index (Phi) is 6.18. The highest BCUT2D eigenvalue weighted by Gasteiger charge is 2.46. The molecule has 0 saturated heterocycles. The van der Waals surface area contributed by atoms with E-state index in [1.54, 1.807) is 16.4 Å². The monoisotopic (exact) mass is 480 g/mol. The zero-order valence-electron chi connectivity index (χ0n) is 19.7. The summed E-state index contributed by atoms with van der Waals surface area (Å²) >= 11 is 0. The van der Waals surface area contributed by atoms with Gasteiger partial charge in [-0.1, -0.05) is 90.5 Å². The Morgan fingerprint density at radius 1 is 0.829 bits per heavy atom. The SMILES string of the molecule is C=CCN1c2ccccc2C(c2ccccc2)C1N(c1ccccc1)S(=O)(=O)c1ccc(C)cc1. The van der Waals surface area contributed by atoms with Crippen molar-refractivity contribution in [2.45, 2.75) is 23.9 Å². The van der Waals surface area contributed by atoms with Crippen LogP contribution in [0.4, 0.5) is 11.4 Å². The molecule has 1 aliphatic heterocycles. The molecule has 0 radical (unpaired) electrons. The number of fused-ring (bicyclic) bond motifs is 1. The summed E-state index contributed by atoms with van der Waals surface area (Å²) in [6, 6.07) is 34.8. The van der Waals surface area contributed by atoms with Crippen molar-refractivity contribution in [3.8, 4) is 0 Å². The predicted octanol–water partition coefficient (Wildman–Crippen LogP) is 6.35. The standard InChI is InChI=1S/C30H28N2O2S/c1-3-22-31-28-17-11-10-16-27(28)29(24-12-6-4-7-13-24)30(31)32(25-14-8-5-9-15-25)35(33,34)26-20-18-23(2)19-21-26/h3-21,29-30H,1,22H2,2H3. The van der Waals surface area contributed by atoms with Gasteiger partial charge in [0.05, 0.1) is 16.5 Å². The molecular weight excluding hydrogens is 452 g/mol. The van der Waals surface area contributed by atoms with Gasteiger partial charge < -0.3 is 4.90 Å². The second-order valence-electron chi connectivity index (χ2n) is 8.75. The van der Waals surface area contributed by atoms with Gasteiger partial charge in [0.15, 0.2) is 0 Å². The fraction of sp³-hybridized carbons (Fsp3) is 0.133. The van der Waals surface area contributed by atoms with E-state index in [1.807, 2.05) is 85.8 Å². The molecule has 2 atom stereocenters. The lowest BCUT2D eigenvalue weighted by Gasteiger charge is -2.39. The summed E-state index contributed by atoms with van der Waals surface area (Å²) in [7, 11) is -3.91. The van der Waals surface area contributed by atoms with E-state index in [2.05, 4.69) is 35.7 Å². The van der Waals surface area contributed by atoms with Crippen molar-refractivity contribution in [2.24, 2.45) is 0 Å². The number of hydrogen-bond donors (Lipinski definition) is 0. The lowest BCUT2D eigenvalue weighted by Crippen LogP contribution is -2.52. The average Bonchev–Trinajstić information content (AvgIpc) is 3.19. The quantitative estimate of drug-likeness (QED) is 0.289. The Bertz CT molecular complexity index is 1420. The summed E-state index contributed by atoms with van der Waals surface area (Å²) in [6.45, 7) is 6.45. The molecular formula is C30H28N2O2S. The zero-order chi connectivity index (χ0) is 24.4. The molecule has 4 nitrogen and oxygen atoms in total. The molecule has 0 spiro atoms. The van der Waals surface area contributed by atoms with Crippen LogP contribution in [-0.4, -0.2) is 21.1 Å². The fourth-order valence-corrected chi connectivity index (χ4v) is 6.57. The van der Waals surface area contributed by atoms with Gasteiger partial charge in [0.2, 0.25) is 0 Å². The van der Waals surface area contributed by atoms with E-state index in [0.29, 0.717) is 12.2 Å². The Morgan fingerprint density at radius 3 is 2.09 bits per heavy atom. The van der Waals surface area contributed by atoms with E-state index < -0.39 is 16.2 Å². The van der Waals surface area contributed by atoms with Gasteiger partial charge in [-0.3, -0.25) is 0 Å². The van der Waals surface area contributed by atoms with E-state index in [0.717, 1.165) is 22.4 Å². The Morgan fingerprint density at radius 2 is 1.43 bits per heavy atom. The summed E-state index contributed by atoms with van der Waals surface area (Å²) in [6.07, 6.45) is 1.32. The van der Waals surface area contributed by atoms with Gasteiger partial charge in [-0.25, -0.2) is 12.7 Å². The molecule has 0 bridgehead atoms. The lowest BCUT2D eigenvalue weighted by atomic mass is 9.91. The number of sulfonamides is 1. The third-order valence-corrected chi connectivity index (χ3v) is 8.32. The molecule has 35 heavy (non-hydrogen) atoms. The number of rotatable bonds is 7. The van der Waals surface area contributed by atoms with Crippen LogP contribution in [0.15, 0.2) is 127 Å². The van der Waals surface area contributed by atoms with E-state index in [9.17, 15) is 8.42 Å². The number of aryl methyl sites for hydroxylation is 1. The molecule has 176 valence electrons. The van der Waals surface area contributed by atoms with Crippen molar-refractivity contribution < 1.29 is 8.42 Å². The van der Waals surface area contributed by atoms with E-state index in [1.165, 1.54) is 0 Å². The van der Waals surface area contributed by atoms with Gasteiger partial charge in [-0.15, -0.1) is 6.58 Å². The molecule has 4 aromatic rings. The first-order valence-corrected chi connectivity index (χ1v) is 13.1. The minimum absolute atomic E-state index is 0.187. The molecule has 5 rings (SSSR count). The smallest absolute Gasteiger partial charge is 0.266 e. The summed E-state index contributed by atoms with van der Waals surface area (Å²) in [5, 5.41) is 0. The predicted molar refractivity (Wildman–Crippen MR) is 143 cm³/mol. The van der Waals surface area contributed by atoms with Gasteiger partial charge in [-0.2, -0.15) is 0 Å². The minimum atomic E-state index is -3.91. The molecule has 2 unspecified atom stereocenters. The molecule has 0 fully saturated rings. The Hall–Kier alpha value is -3.83. The third-order valence-electron chi connectivity index (χ3n) is 6.51. The highest BCUT2D eigenvalue weighted by atomic mass is 32.2. The van der Waals surface area contributed by atoms with Gasteiger partial charge in [-0.05, 0) is 48.4 Å². The van der Waals surface area contributed by atoms with E-state index >= 15 is 0 Å². The first-order valence-electron chi connectivity index (χ1n) is 11.7. The molecule has 4 aromatic carbocycles. The topological polar surface area (TPSA) is 40.6 Å². The molecule has 0 aromatic heterocycles. The van der Waals surface area contributed by atoms with Crippen molar-refractivity contribution in [2.75, 3.05) is 15.7 Å². The lowest BCUT2D eigenvalue weighted by molar-refractivity contribution is 0.555. The maximum Gasteiger partial charge on any atom is 0.266 e. The zero-order valence-corrected chi connectivity index (χ0v) is 20.5. The van der Waals surface area contributed by atoms with Crippen LogP contribution >= 0.6 is 0 Å². The highest BCUT2D eigenvalue weighted by molar-refractivity contribution is 7.92. The normalized spacial score (nSPS) is 17.1. The maximum absolute atomic E-state index is 14.4. The van der Waals surface area contributed by atoms with Crippen molar-refractivity contribution in [1.29, 1.82) is 0 Å². The number of hydrogen-bond acceptors (Lipinski definition) is 3. The van der Waals surface area contributed by atoms with Crippen LogP contribution in [0.5, 0.6) is 0 Å². The van der Waals surface area contributed by atoms with Crippen molar-refractivity contribution in [1.82, 2.24) is 0 Å². The largest absolute Gasteiger partial charge is 0.345 e. The van der Waals surface area contributed by atoms with Crippen LogP contribution in [0.25, 0.3) is 0 Å². The van der Waals surface area contributed by atoms with Crippen molar-refractivity contribution in [3.63, 3.8) is 0 Å². The second-order valence-corrected chi connectivity index (χ2v) is 10.6. The molecule has 0 saturated carbocycles. The first-order chi connectivity index (χ1) is 17.0. The molecule has 1 aliphatic rings. The average molecular weight is 481 g/mol. The summed E-state index contributed by atoms with van der Waals surface area (Å²) in [4.78, 5) is 2.42. The Balaban J connectivity index is 1.78. The first kappa shape index (κ1) is 22.9. The number of nitrogens with zero attached hydrogens (tertiary/aromatic N) is 2. The fourth-order valence-electron chi connectivity index (χ4n) is 4.95. The van der Waals surface area contributed by atoms with Crippen LogP contribution in [0.1, 0.15) is 22.6 Å². The number of anilines is 2. The molecule has 5 heteroatoms. The highest BCUT2D eigenvalue weighted by Crippen LogP contribution is 2.48. The van der Waals surface area contributed by atoms with Crippen LogP contribution in [0.2, 0.25) is 0 Å². The van der Waals surface area contributed by atoms with Crippen molar-refractivity contribution >= 4 is 21.4 Å². The minimum Gasteiger partial charge on any atom is -0.345 e. The number of para-hydroxylation sites is 2. The summed E-state index contributed by atoms with van der Waals surface area (Å²) in [5.41, 5.74) is 4.83. The molecule has 0 amide bonds. The van der Waals surface area contributed by atoms with Gasteiger partial charge >= 0.3 is 0 Å². The molecule has 1 heterocycles. The van der Waals surface area contributed by atoms with E-state index in [4.69, 9.17) is 0 Å².